The van der Waals surface area contributed by atoms with Crippen LogP contribution in [0.2, 0.25) is 0 Å². The second-order valence-electron chi connectivity index (χ2n) is 7.53. The van der Waals surface area contributed by atoms with Crippen molar-refractivity contribution in [3.8, 4) is 22.8 Å². The highest BCUT2D eigenvalue weighted by Crippen LogP contribution is 2.32. The maximum atomic E-state index is 13.0. The second kappa shape index (κ2) is 9.22. The Morgan fingerprint density at radius 1 is 1.10 bits per heavy atom. The van der Waals surface area contributed by atoms with Crippen LogP contribution in [-0.4, -0.2) is 82.4 Å². The van der Waals surface area contributed by atoms with Crippen LogP contribution in [-0.2, 0) is 6.54 Å². The summed E-state index contributed by atoms with van der Waals surface area (Å²) in [6.45, 7) is 6.96. The third kappa shape index (κ3) is 4.56. The van der Waals surface area contributed by atoms with Crippen molar-refractivity contribution in [1.29, 1.82) is 0 Å². The molecule has 1 saturated heterocycles. The van der Waals surface area contributed by atoms with Gasteiger partial charge in [0.05, 0.1) is 19.9 Å². The maximum absolute atomic E-state index is 13.0. The number of methoxy groups -OCH3 is 2. The number of carbonyl (C=O) groups excluding carboxylic acids is 1. The number of imidazole rings is 1. The molecule has 1 fully saturated rings. The number of hydrogen-bond donors (Lipinski definition) is 1. The number of aromatic amines is 1. The van der Waals surface area contributed by atoms with Crippen molar-refractivity contribution in [1.82, 2.24) is 29.5 Å². The van der Waals surface area contributed by atoms with Crippen LogP contribution in [0.15, 0.2) is 36.7 Å². The molecule has 9 nitrogen and oxygen atoms in total. The highest BCUT2D eigenvalue weighted by Gasteiger charge is 2.24. The number of nitrogens with zero attached hydrogens (tertiary/aromatic N) is 5. The Morgan fingerprint density at radius 3 is 2.58 bits per heavy atom. The Bertz CT molecular complexity index is 1040. The summed E-state index contributed by atoms with van der Waals surface area (Å²) in [5.41, 5.74) is 1.90. The zero-order valence-electron chi connectivity index (χ0n) is 18.2. The molecule has 9 heteroatoms. The first-order valence-corrected chi connectivity index (χ1v) is 10.4. The van der Waals surface area contributed by atoms with E-state index in [-0.39, 0.29) is 5.91 Å². The fraction of sp³-hybridized carbons (Fsp3) is 0.409. The minimum absolute atomic E-state index is 0.0364. The fourth-order valence-electron chi connectivity index (χ4n) is 3.82. The van der Waals surface area contributed by atoms with E-state index >= 15 is 0 Å². The number of benzene rings is 1. The Hall–Kier alpha value is -3.33. The predicted molar refractivity (Wildman–Crippen MR) is 116 cm³/mol. The van der Waals surface area contributed by atoms with Crippen molar-refractivity contribution >= 4 is 5.91 Å². The Morgan fingerprint density at radius 2 is 1.90 bits per heavy atom. The van der Waals surface area contributed by atoms with Gasteiger partial charge in [-0.2, -0.15) is 5.10 Å². The van der Waals surface area contributed by atoms with Crippen LogP contribution in [0.5, 0.6) is 11.5 Å². The average molecular weight is 425 g/mol. The summed E-state index contributed by atoms with van der Waals surface area (Å²) in [6.07, 6.45) is 3.83. The lowest BCUT2D eigenvalue weighted by Gasteiger charge is -2.34. The minimum Gasteiger partial charge on any atom is -0.497 e. The van der Waals surface area contributed by atoms with Gasteiger partial charge < -0.3 is 18.9 Å². The van der Waals surface area contributed by atoms with Crippen LogP contribution in [0.3, 0.4) is 0 Å². The Kier molecular flexibility index (Phi) is 6.22. The number of piperazine rings is 1. The van der Waals surface area contributed by atoms with Gasteiger partial charge in [-0.3, -0.25) is 14.8 Å². The smallest absolute Gasteiger partial charge is 0.271 e. The standard InChI is InChI=1S/C22H28N6O3/c1-16-23-6-7-27(16)11-8-26-9-12-28(13-10-26)22(29)20-15-19(24-25-20)18-14-17(30-2)4-5-21(18)31-3/h4-7,14-15H,8-13H2,1-3H3,(H,24,25). The zero-order chi connectivity index (χ0) is 21.8. The van der Waals surface area contributed by atoms with Crippen molar-refractivity contribution in [2.75, 3.05) is 46.9 Å². The van der Waals surface area contributed by atoms with E-state index in [1.165, 1.54) is 0 Å². The largest absolute Gasteiger partial charge is 0.497 e. The van der Waals surface area contributed by atoms with E-state index in [0.29, 0.717) is 36.0 Å². The zero-order valence-corrected chi connectivity index (χ0v) is 18.2. The van der Waals surface area contributed by atoms with E-state index in [1.807, 2.05) is 42.4 Å². The summed E-state index contributed by atoms with van der Waals surface area (Å²) in [4.78, 5) is 21.5. The van der Waals surface area contributed by atoms with Crippen molar-refractivity contribution < 1.29 is 14.3 Å². The Balaban J connectivity index is 1.37. The fourth-order valence-corrected chi connectivity index (χ4v) is 3.82. The van der Waals surface area contributed by atoms with Crippen LogP contribution >= 0.6 is 0 Å². The molecular weight excluding hydrogens is 396 g/mol. The van der Waals surface area contributed by atoms with Crippen molar-refractivity contribution in [3.63, 3.8) is 0 Å². The number of nitrogens with one attached hydrogen (secondary N) is 1. The molecule has 0 atom stereocenters. The van der Waals surface area contributed by atoms with Gasteiger partial charge in [-0.25, -0.2) is 4.98 Å². The summed E-state index contributed by atoms with van der Waals surface area (Å²) in [6, 6.07) is 7.28. The highest BCUT2D eigenvalue weighted by molar-refractivity contribution is 5.93. The first kappa shape index (κ1) is 20.9. The van der Waals surface area contributed by atoms with E-state index in [4.69, 9.17) is 9.47 Å². The van der Waals surface area contributed by atoms with Gasteiger partial charge in [0.25, 0.3) is 5.91 Å². The number of aryl methyl sites for hydroxylation is 1. The number of amides is 1. The molecule has 0 spiro atoms. The van der Waals surface area contributed by atoms with E-state index < -0.39 is 0 Å². The number of hydrogen-bond acceptors (Lipinski definition) is 6. The normalized spacial score (nSPS) is 14.6. The molecule has 0 unspecified atom stereocenters. The summed E-state index contributed by atoms with van der Waals surface area (Å²) >= 11 is 0. The molecule has 3 aromatic rings. The second-order valence-corrected chi connectivity index (χ2v) is 7.53. The first-order chi connectivity index (χ1) is 15.1. The molecule has 0 radical (unpaired) electrons. The van der Waals surface area contributed by atoms with Gasteiger partial charge in [-0.1, -0.05) is 0 Å². The minimum atomic E-state index is -0.0364. The molecule has 1 amide bonds. The Labute approximate surface area is 181 Å². The molecular formula is C22H28N6O3. The monoisotopic (exact) mass is 424 g/mol. The van der Waals surface area contributed by atoms with Gasteiger partial charge >= 0.3 is 0 Å². The molecule has 1 aliphatic rings. The number of rotatable bonds is 7. The van der Waals surface area contributed by atoms with Gasteiger partial charge in [0.2, 0.25) is 0 Å². The average Bonchev–Trinajstić information content (AvgIpc) is 3.46. The number of ether oxygens (including phenoxy) is 2. The summed E-state index contributed by atoms with van der Waals surface area (Å²) in [7, 11) is 3.22. The molecule has 1 aliphatic heterocycles. The third-order valence-electron chi connectivity index (χ3n) is 5.73. The quantitative estimate of drug-likeness (QED) is 0.625. The SMILES string of the molecule is COc1ccc(OC)c(-c2cc(C(=O)N3CCN(CCn4ccnc4C)CC3)[nH]n2)c1. The van der Waals surface area contributed by atoms with Gasteiger partial charge in [-0.05, 0) is 31.2 Å². The van der Waals surface area contributed by atoms with Crippen LogP contribution in [0.1, 0.15) is 16.3 Å². The molecule has 4 rings (SSSR count). The van der Waals surface area contributed by atoms with Crippen LogP contribution in [0.25, 0.3) is 11.3 Å². The van der Waals surface area contributed by atoms with Crippen LogP contribution in [0, 0.1) is 6.92 Å². The van der Waals surface area contributed by atoms with Crippen LogP contribution < -0.4 is 9.47 Å². The molecule has 3 heterocycles. The van der Waals surface area contributed by atoms with E-state index in [1.54, 1.807) is 20.3 Å². The molecule has 1 aromatic carbocycles. The lowest BCUT2D eigenvalue weighted by atomic mass is 10.1. The first-order valence-electron chi connectivity index (χ1n) is 10.4. The summed E-state index contributed by atoms with van der Waals surface area (Å²) in [5.74, 6) is 2.36. The van der Waals surface area contributed by atoms with Gasteiger partial charge in [0.15, 0.2) is 0 Å². The molecule has 0 bridgehead atoms. The molecule has 31 heavy (non-hydrogen) atoms. The lowest BCUT2D eigenvalue weighted by molar-refractivity contribution is 0.0627. The molecule has 0 aliphatic carbocycles. The van der Waals surface area contributed by atoms with E-state index in [9.17, 15) is 4.79 Å². The number of H-pyrrole nitrogens is 1. The summed E-state index contributed by atoms with van der Waals surface area (Å²) < 4.78 is 12.9. The lowest BCUT2D eigenvalue weighted by Crippen LogP contribution is -2.49. The molecule has 2 aromatic heterocycles. The molecule has 1 N–H and O–H groups in total. The van der Waals surface area contributed by atoms with Gasteiger partial charge in [0, 0.05) is 57.2 Å². The van der Waals surface area contributed by atoms with Gasteiger partial charge in [0.1, 0.15) is 23.0 Å². The van der Waals surface area contributed by atoms with Crippen molar-refractivity contribution in [2.45, 2.75) is 13.5 Å². The van der Waals surface area contributed by atoms with E-state index in [2.05, 4.69) is 24.6 Å². The predicted octanol–water partition coefficient (Wildman–Crippen LogP) is 2.06. The molecule has 164 valence electrons. The maximum Gasteiger partial charge on any atom is 0.271 e. The molecule has 0 saturated carbocycles. The van der Waals surface area contributed by atoms with Crippen molar-refractivity contribution in [3.05, 3.63) is 48.2 Å². The number of aromatic nitrogens is 4. The number of carbonyl (C=O) groups is 1. The van der Waals surface area contributed by atoms with E-state index in [0.717, 1.165) is 37.6 Å². The van der Waals surface area contributed by atoms with Crippen LogP contribution in [0.4, 0.5) is 0 Å². The summed E-state index contributed by atoms with van der Waals surface area (Å²) in [5, 5.41) is 7.23. The van der Waals surface area contributed by atoms with Gasteiger partial charge in [-0.15, -0.1) is 0 Å². The third-order valence-corrected chi connectivity index (χ3v) is 5.73. The van der Waals surface area contributed by atoms with Crippen molar-refractivity contribution in [2.24, 2.45) is 0 Å². The topological polar surface area (TPSA) is 88.5 Å². The highest BCUT2D eigenvalue weighted by atomic mass is 16.5.